The molecule has 4 rings (SSSR count). The molecule has 41 heavy (non-hydrogen) atoms. The van der Waals surface area contributed by atoms with E-state index in [0.29, 0.717) is 11.5 Å². The highest BCUT2D eigenvalue weighted by molar-refractivity contribution is 7.99. The number of likely N-dealkylation sites (N-methyl/N-ethyl adjacent to an activating group) is 1. The Bertz CT molecular complexity index is 1270. The summed E-state index contributed by atoms with van der Waals surface area (Å²) in [6.07, 6.45) is -1.15. The standard InChI is InChI=1S/C15H20N2O3S.C14H18N2O3S/c1-15(2,3)20-14(19)16-10-9-21-12-8-6-5-7-11(12)17(4)13(10)18;1-14(2,3)19-13(18)16-10-8-20-11-7-5-4-6-9(11)15-12(10)17/h5-8,10H,9H2,1-4H3,(H,16,19);4-7,10H,8H2,1-3H3,(H,15,17)(H,16,18)/t2*10-/m00/s1. The number of para-hydroxylation sites is 2. The first kappa shape index (κ1) is 32.1. The minimum Gasteiger partial charge on any atom is -0.444 e. The molecule has 2 atom stereocenters. The van der Waals surface area contributed by atoms with Gasteiger partial charge in [-0.25, -0.2) is 9.59 Å². The predicted octanol–water partition coefficient (Wildman–Crippen LogP) is 5.27. The molecule has 4 amide bonds. The van der Waals surface area contributed by atoms with Crippen LogP contribution in [0.25, 0.3) is 0 Å². The Morgan fingerprint density at radius 3 is 1.90 bits per heavy atom. The molecule has 0 bridgehead atoms. The number of nitrogens with one attached hydrogen (secondary N) is 3. The number of rotatable bonds is 2. The highest BCUT2D eigenvalue weighted by atomic mass is 32.2. The Morgan fingerprint density at radius 2 is 1.29 bits per heavy atom. The number of alkyl carbamates (subject to hydrolysis) is 2. The second kappa shape index (κ2) is 13.5. The molecule has 0 radical (unpaired) electrons. The van der Waals surface area contributed by atoms with Gasteiger partial charge in [-0.1, -0.05) is 24.3 Å². The fraction of sp³-hybridized carbons (Fsp3) is 0.448. The van der Waals surface area contributed by atoms with Crippen LogP contribution in [0.4, 0.5) is 21.0 Å². The number of carbonyl (C=O) groups excluding carboxylic acids is 4. The van der Waals surface area contributed by atoms with Gasteiger partial charge in [0.2, 0.25) is 11.8 Å². The Balaban J connectivity index is 0.000000226. The molecule has 2 heterocycles. The van der Waals surface area contributed by atoms with Crippen molar-refractivity contribution in [2.24, 2.45) is 0 Å². The van der Waals surface area contributed by atoms with E-state index in [0.717, 1.165) is 21.2 Å². The van der Waals surface area contributed by atoms with Crippen LogP contribution < -0.4 is 20.9 Å². The molecule has 3 N–H and O–H groups in total. The second-order valence-electron chi connectivity index (χ2n) is 11.4. The van der Waals surface area contributed by atoms with Gasteiger partial charge in [-0.3, -0.25) is 9.59 Å². The zero-order chi connectivity index (χ0) is 30.4. The van der Waals surface area contributed by atoms with E-state index in [1.807, 2.05) is 48.5 Å². The second-order valence-corrected chi connectivity index (χ2v) is 13.5. The zero-order valence-corrected chi connectivity index (χ0v) is 26.0. The van der Waals surface area contributed by atoms with E-state index in [4.69, 9.17) is 9.47 Å². The summed E-state index contributed by atoms with van der Waals surface area (Å²) >= 11 is 3.08. The monoisotopic (exact) mass is 602 g/mol. The van der Waals surface area contributed by atoms with E-state index in [1.54, 1.807) is 65.3 Å². The number of hydrogen-bond acceptors (Lipinski definition) is 8. The van der Waals surface area contributed by atoms with Crippen LogP contribution >= 0.6 is 23.5 Å². The lowest BCUT2D eigenvalue weighted by Crippen LogP contribution is -2.49. The third kappa shape index (κ3) is 9.89. The number of ether oxygens (including phenoxy) is 2. The maximum absolute atomic E-state index is 12.5. The summed E-state index contributed by atoms with van der Waals surface area (Å²) in [4.78, 5) is 51.7. The first-order chi connectivity index (χ1) is 19.1. The zero-order valence-electron chi connectivity index (χ0n) is 24.4. The molecule has 12 heteroatoms. The number of thioether (sulfide) groups is 2. The fourth-order valence-corrected chi connectivity index (χ4v) is 5.86. The molecule has 0 aromatic heterocycles. The van der Waals surface area contributed by atoms with Crippen molar-refractivity contribution in [3.8, 4) is 0 Å². The van der Waals surface area contributed by atoms with Crippen LogP contribution in [0.15, 0.2) is 58.3 Å². The SMILES string of the molecule is CC(C)(C)OC(=O)N[C@H]1CSc2ccccc2NC1=O.CN1C(=O)[C@@H](NC(=O)OC(C)(C)C)CSc2ccccc21. The normalized spacial score (nSPS) is 18.7. The summed E-state index contributed by atoms with van der Waals surface area (Å²) in [5.41, 5.74) is 0.471. The molecule has 0 aliphatic carbocycles. The molecule has 2 aliphatic heterocycles. The van der Waals surface area contributed by atoms with Crippen molar-refractivity contribution in [3.63, 3.8) is 0 Å². The molecular weight excluding hydrogens is 564 g/mol. The van der Waals surface area contributed by atoms with Gasteiger partial charge in [0.05, 0.1) is 11.4 Å². The van der Waals surface area contributed by atoms with Crippen molar-refractivity contribution < 1.29 is 28.7 Å². The van der Waals surface area contributed by atoms with Gasteiger partial charge >= 0.3 is 12.2 Å². The van der Waals surface area contributed by atoms with E-state index >= 15 is 0 Å². The summed E-state index contributed by atoms with van der Waals surface area (Å²) < 4.78 is 10.4. The minimum atomic E-state index is -0.609. The maximum Gasteiger partial charge on any atom is 0.408 e. The van der Waals surface area contributed by atoms with E-state index in [9.17, 15) is 19.2 Å². The average molecular weight is 603 g/mol. The summed E-state index contributed by atoms with van der Waals surface area (Å²) in [6.45, 7) is 10.7. The van der Waals surface area contributed by atoms with Crippen molar-refractivity contribution in [1.82, 2.24) is 10.6 Å². The Labute approximate surface area is 249 Å². The average Bonchev–Trinajstić information content (AvgIpc) is 3.09. The number of carbonyl (C=O) groups is 4. The third-order valence-corrected chi connectivity index (χ3v) is 7.83. The molecule has 2 aliphatic rings. The van der Waals surface area contributed by atoms with Gasteiger partial charge in [-0.2, -0.15) is 0 Å². The van der Waals surface area contributed by atoms with Crippen molar-refractivity contribution in [1.29, 1.82) is 0 Å². The van der Waals surface area contributed by atoms with Gasteiger partial charge in [-0.15, -0.1) is 23.5 Å². The van der Waals surface area contributed by atoms with Crippen LogP contribution in [0.2, 0.25) is 0 Å². The van der Waals surface area contributed by atoms with Crippen molar-refractivity contribution in [2.45, 2.75) is 74.6 Å². The largest absolute Gasteiger partial charge is 0.444 e. The van der Waals surface area contributed by atoms with Crippen molar-refractivity contribution in [3.05, 3.63) is 48.5 Å². The van der Waals surface area contributed by atoms with E-state index in [2.05, 4.69) is 16.0 Å². The molecule has 2 aromatic carbocycles. The number of nitrogens with zero attached hydrogens (tertiary/aromatic N) is 1. The Morgan fingerprint density at radius 1 is 0.805 bits per heavy atom. The molecule has 2 aromatic rings. The lowest BCUT2D eigenvalue weighted by atomic mass is 10.2. The molecule has 0 saturated heterocycles. The summed E-state index contributed by atoms with van der Waals surface area (Å²) in [6, 6.07) is 14.1. The van der Waals surface area contributed by atoms with Gasteiger partial charge in [0.15, 0.2) is 0 Å². The molecule has 222 valence electrons. The number of amides is 4. The Kier molecular flexibility index (Phi) is 10.6. The quantitative estimate of drug-likeness (QED) is 0.424. The van der Waals surface area contributed by atoms with Gasteiger partial charge in [0.1, 0.15) is 23.3 Å². The molecule has 0 unspecified atom stereocenters. The number of fused-ring (bicyclic) bond motifs is 2. The molecular formula is C29H38N4O6S2. The number of anilines is 2. The van der Waals surface area contributed by atoms with Crippen LogP contribution in [0.5, 0.6) is 0 Å². The highest BCUT2D eigenvalue weighted by Crippen LogP contribution is 2.33. The van der Waals surface area contributed by atoms with E-state index in [-0.39, 0.29) is 11.8 Å². The number of hydrogen-bond donors (Lipinski definition) is 3. The minimum absolute atomic E-state index is 0.140. The van der Waals surface area contributed by atoms with Gasteiger partial charge in [0, 0.05) is 28.3 Å². The van der Waals surface area contributed by atoms with Gasteiger partial charge in [-0.05, 0) is 65.8 Å². The first-order valence-electron chi connectivity index (χ1n) is 13.1. The van der Waals surface area contributed by atoms with Gasteiger partial charge in [0.25, 0.3) is 0 Å². The summed E-state index contributed by atoms with van der Waals surface area (Å²) in [5, 5.41) is 8.07. The van der Waals surface area contributed by atoms with Crippen LogP contribution in [0, 0.1) is 0 Å². The van der Waals surface area contributed by atoms with Crippen molar-refractivity contribution in [2.75, 3.05) is 28.8 Å². The molecule has 0 fully saturated rings. The van der Waals surface area contributed by atoms with Crippen LogP contribution in [0.3, 0.4) is 0 Å². The molecule has 0 saturated carbocycles. The topological polar surface area (TPSA) is 126 Å². The van der Waals surface area contributed by atoms with Crippen LogP contribution in [0.1, 0.15) is 41.5 Å². The molecule has 0 spiro atoms. The summed E-state index contributed by atoms with van der Waals surface area (Å²) in [5.74, 6) is 0.591. The fourth-order valence-electron chi connectivity index (χ4n) is 3.73. The van der Waals surface area contributed by atoms with E-state index in [1.165, 1.54) is 11.8 Å². The predicted molar refractivity (Wildman–Crippen MR) is 163 cm³/mol. The van der Waals surface area contributed by atoms with Crippen LogP contribution in [-0.2, 0) is 19.1 Å². The van der Waals surface area contributed by atoms with Crippen LogP contribution in [-0.4, -0.2) is 65.8 Å². The maximum atomic E-state index is 12.5. The van der Waals surface area contributed by atoms with Crippen molar-refractivity contribution >= 4 is 58.9 Å². The lowest BCUT2D eigenvalue weighted by molar-refractivity contribution is -0.120. The molecule has 10 nitrogen and oxygen atoms in total. The Hall–Kier alpha value is -3.38. The van der Waals surface area contributed by atoms with Gasteiger partial charge < -0.3 is 30.3 Å². The highest BCUT2D eigenvalue weighted by Gasteiger charge is 2.31. The van der Waals surface area contributed by atoms with E-state index < -0.39 is 35.5 Å². The number of benzene rings is 2. The third-order valence-electron chi connectivity index (χ3n) is 5.51. The lowest BCUT2D eigenvalue weighted by Gasteiger charge is -2.24. The smallest absolute Gasteiger partial charge is 0.408 e. The first-order valence-corrected chi connectivity index (χ1v) is 15.1. The summed E-state index contributed by atoms with van der Waals surface area (Å²) in [7, 11) is 1.72.